The molecule has 2 atom stereocenters. The van der Waals surface area contributed by atoms with Gasteiger partial charge in [0.25, 0.3) is 5.69 Å². The molecular weight excluding hydrogens is 404 g/mol. The van der Waals surface area contributed by atoms with E-state index in [2.05, 4.69) is 5.32 Å². The number of ether oxygens (including phenoxy) is 1. The second-order valence-electron chi connectivity index (χ2n) is 7.37. The number of hydrogen-bond acceptors (Lipinski definition) is 7. The smallest absolute Gasteiger partial charge is 0.336 e. The van der Waals surface area contributed by atoms with Gasteiger partial charge in [0.05, 0.1) is 17.6 Å². The van der Waals surface area contributed by atoms with E-state index < -0.39 is 16.8 Å². The number of Topliss-reactive ketones (excluding diaryl/α,β-unsaturated/α-hetero) is 1. The van der Waals surface area contributed by atoms with Crippen molar-refractivity contribution < 1.29 is 19.2 Å². The highest BCUT2D eigenvalue weighted by Crippen LogP contribution is 2.46. The summed E-state index contributed by atoms with van der Waals surface area (Å²) in [5.41, 5.74) is 2.93. The molecule has 0 fully saturated rings. The van der Waals surface area contributed by atoms with Crippen molar-refractivity contribution in [2.75, 3.05) is 7.11 Å². The quantitative estimate of drug-likeness (QED) is 0.449. The first-order valence-electron chi connectivity index (χ1n) is 9.50. The van der Waals surface area contributed by atoms with Gasteiger partial charge in [-0.1, -0.05) is 18.2 Å². The van der Waals surface area contributed by atoms with Crippen LogP contribution in [0.3, 0.4) is 0 Å². The lowest BCUT2D eigenvalue weighted by Gasteiger charge is -2.36. The molecule has 1 aromatic heterocycles. The number of rotatable bonds is 4. The lowest BCUT2D eigenvalue weighted by atomic mass is 9.72. The van der Waals surface area contributed by atoms with Crippen LogP contribution in [0.15, 0.2) is 64.3 Å². The number of nitro groups is 1. The number of dihydropyridines is 1. The molecule has 1 aliphatic heterocycles. The number of nitrogens with zero attached hydrogens (tertiary/aromatic N) is 1. The van der Waals surface area contributed by atoms with Crippen molar-refractivity contribution in [3.8, 4) is 0 Å². The van der Waals surface area contributed by atoms with Crippen LogP contribution < -0.4 is 5.32 Å². The van der Waals surface area contributed by atoms with Crippen LogP contribution in [0.5, 0.6) is 0 Å². The van der Waals surface area contributed by atoms with E-state index in [0.29, 0.717) is 35.2 Å². The molecule has 0 bridgehead atoms. The Bertz CT molecular complexity index is 1080. The molecule has 2 heterocycles. The van der Waals surface area contributed by atoms with E-state index in [-0.39, 0.29) is 17.4 Å². The molecule has 154 valence electrons. The summed E-state index contributed by atoms with van der Waals surface area (Å²) in [6.45, 7) is 1.79. The number of carbonyl (C=O) groups excluding carboxylic acids is 2. The number of methoxy groups -OCH3 is 1. The fraction of sp³-hybridized carbons (Fsp3) is 0.273. The molecule has 0 saturated carbocycles. The summed E-state index contributed by atoms with van der Waals surface area (Å²) >= 11 is 1.63. The van der Waals surface area contributed by atoms with Crippen LogP contribution >= 0.6 is 11.3 Å². The Morgan fingerprint density at radius 2 is 1.97 bits per heavy atom. The van der Waals surface area contributed by atoms with Crippen LogP contribution in [0.4, 0.5) is 5.69 Å². The molecule has 8 heteroatoms. The number of allylic oxidation sites excluding steroid dienone is 3. The zero-order valence-corrected chi connectivity index (χ0v) is 17.3. The Balaban J connectivity index is 1.81. The molecular formula is C22H20N2O5S. The predicted octanol–water partition coefficient (Wildman–Crippen LogP) is 4.19. The maximum atomic E-state index is 13.3. The molecule has 0 radical (unpaired) electrons. The maximum Gasteiger partial charge on any atom is 0.336 e. The second kappa shape index (κ2) is 7.87. The van der Waals surface area contributed by atoms with E-state index >= 15 is 0 Å². The Hall–Kier alpha value is -3.26. The summed E-state index contributed by atoms with van der Waals surface area (Å²) in [5, 5.41) is 16.3. The lowest BCUT2D eigenvalue weighted by Crippen LogP contribution is -2.35. The number of ketones is 1. The van der Waals surface area contributed by atoms with Gasteiger partial charge in [-0.15, -0.1) is 11.3 Å². The van der Waals surface area contributed by atoms with Gasteiger partial charge in [0, 0.05) is 52.2 Å². The van der Waals surface area contributed by atoms with Crippen molar-refractivity contribution in [2.45, 2.75) is 31.6 Å². The predicted molar refractivity (Wildman–Crippen MR) is 112 cm³/mol. The second-order valence-corrected chi connectivity index (χ2v) is 8.35. The van der Waals surface area contributed by atoms with Gasteiger partial charge < -0.3 is 10.1 Å². The number of thiophene rings is 1. The van der Waals surface area contributed by atoms with Gasteiger partial charge in [-0.25, -0.2) is 4.79 Å². The highest BCUT2D eigenvalue weighted by Gasteiger charge is 2.41. The molecule has 2 aromatic rings. The Morgan fingerprint density at radius 3 is 2.57 bits per heavy atom. The minimum absolute atomic E-state index is 0.0283. The highest BCUT2D eigenvalue weighted by atomic mass is 32.1. The van der Waals surface area contributed by atoms with E-state index in [9.17, 15) is 19.7 Å². The first-order valence-corrected chi connectivity index (χ1v) is 10.4. The molecule has 4 rings (SSSR count). The zero-order chi connectivity index (χ0) is 21.4. The molecule has 1 aromatic carbocycles. The number of hydrogen-bond donors (Lipinski definition) is 1. The Labute approximate surface area is 177 Å². The fourth-order valence-corrected chi connectivity index (χ4v) is 5.10. The van der Waals surface area contributed by atoms with Gasteiger partial charge in [0.1, 0.15) is 0 Å². The molecule has 30 heavy (non-hydrogen) atoms. The van der Waals surface area contributed by atoms with Crippen LogP contribution in [0, 0.1) is 10.1 Å². The lowest BCUT2D eigenvalue weighted by molar-refractivity contribution is -0.384. The van der Waals surface area contributed by atoms with E-state index in [1.807, 2.05) is 17.5 Å². The summed E-state index contributed by atoms with van der Waals surface area (Å²) in [7, 11) is 1.30. The number of non-ortho nitro benzene ring substituents is 1. The standard InChI is InChI=1S/C22H20N2O5S/c1-12-19(22(26)29-2)20(13-5-7-15(8-6-13)24(27)28)21-16(23-12)10-14(11-17(21)25)18-4-3-9-30-18/h3-9,14,20,23H,10-11H2,1-2H3/t14-,20+/m0/s1. The van der Waals surface area contributed by atoms with Gasteiger partial charge in [0.2, 0.25) is 0 Å². The van der Waals surface area contributed by atoms with Crippen LogP contribution in [0.25, 0.3) is 0 Å². The first-order chi connectivity index (χ1) is 14.4. The van der Waals surface area contributed by atoms with Gasteiger partial charge in [-0.05, 0) is 30.4 Å². The van der Waals surface area contributed by atoms with Gasteiger partial charge in [-0.2, -0.15) is 0 Å². The third-order valence-electron chi connectivity index (χ3n) is 5.62. The van der Waals surface area contributed by atoms with Crippen molar-refractivity contribution in [3.63, 3.8) is 0 Å². The van der Waals surface area contributed by atoms with E-state index in [4.69, 9.17) is 4.74 Å². The van der Waals surface area contributed by atoms with E-state index in [1.165, 1.54) is 19.2 Å². The van der Waals surface area contributed by atoms with Crippen LogP contribution in [-0.4, -0.2) is 23.8 Å². The molecule has 0 saturated heterocycles. The largest absolute Gasteiger partial charge is 0.466 e. The van der Waals surface area contributed by atoms with Crippen molar-refractivity contribution in [1.29, 1.82) is 0 Å². The zero-order valence-electron chi connectivity index (χ0n) is 16.5. The minimum Gasteiger partial charge on any atom is -0.466 e. The van der Waals surface area contributed by atoms with Crippen molar-refractivity contribution in [1.82, 2.24) is 5.32 Å². The number of carbonyl (C=O) groups is 2. The third-order valence-corrected chi connectivity index (χ3v) is 6.65. The number of benzene rings is 1. The van der Waals surface area contributed by atoms with E-state index in [1.54, 1.807) is 30.4 Å². The van der Waals surface area contributed by atoms with E-state index in [0.717, 1.165) is 10.6 Å². The fourth-order valence-electron chi connectivity index (χ4n) is 4.27. The monoisotopic (exact) mass is 424 g/mol. The van der Waals surface area contributed by atoms with Crippen LogP contribution in [0.1, 0.15) is 42.0 Å². The van der Waals surface area contributed by atoms with Gasteiger partial charge >= 0.3 is 5.97 Å². The summed E-state index contributed by atoms with van der Waals surface area (Å²) in [4.78, 5) is 37.6. The molecule has 1 aliphatic carbocycles. The Kier molecular flexibility index (Phi) is 5.26. The highest BCUT2D eigenvalue weighted by molar-refractivity contribution is 7.10. The number of nitrogens with one attached hydrogen (secondary N) is 1. The molecule has 0 amide bonds. The van der Waals surface area contributed by atoms with Crippen molar-refractivity contribution >= 4 is 28.8 Å². The summed E-state index contributed by atoms with van der Waals surface area (Å²) in [6, 6.07) is 10.0. The topological polar surface area (TPSA) is 98.5 Å². The van der Waals surface area contributed by atoms with Gasteiger partial charge in [0.15, 0.2) is 5.78 Å². The SMILES string of the molecule is COC(=O)C1=C(C)NC2=C(C(=O)C[C@@H](c3cccs3)C2)[C@@H]1c1ccc([N+](=O)[O-])cc1. The first kappa shape index (κ1) is 20.0. The summed E-state index contributed by atoms with van der Waals surface area (Å²) in [5.74, 6) is -1.08. The molecule has 0 unspecified atom stereocenters. The normalized spacial score (nSPS) is 21.2. The molecule has 2 aliphatic rings. The van der Waals surface area contributed by atoms with Crippen molar-refractivity contribution in [2.24, 2.45) is 0 Å². The molecule has 0 spiro atoms. The average Bonchev–Trinajstić information content (AvgIpc) is 3.27. The molecule has 7 nitrogen and oxygen atoms in total. The van der Waals surface area contributed by atoms with Crippen molar-refractivity contribution in [3.05, 3.63) is 84.9 Å². The maximum absolute atomic E-state index is 13.3. The average molecular weight is 424 g/mol. The van der Waals surface area contributed by atoms with Gasteiger partial charge in [-0.3, -0.25) is 14.9 Å². The minimum atomic E-state index is -0.619. The number of nitro benzene ring substituents is 1. The van der Waals surface area contributed by atoms with Crippen LogP contribution in [0.2, 0.25) is 0 Å². The summed E-state index contributed by atoms with van der Waals surface area (Å²) < 4.78 is 4.99. The summed E-state index contributed by atoms with van der Waals surface area (Å²) in [6.07, 6.45) is 1.02. The Morgan fingerprint density at radius 1 is 1.23 bits per heavy atom. The number of esters is 1. The third kappa shape index (κ3) is 3.43. The van der Waals surface area contributed by atoms with Crippen LogP contribution in [-0.2, 0) is 14.3 Å². The molecule has 1 N–H and O–H groups in total.